The molecule has 1 aromatic carbocycles. The molecule has 0 spiro atoms. The Morgan fingerprint density at radius 3 is 2.72 bits per heavy atom. The average molecular weight is 371 g/mol. The number of rotatable bonds is 5. The summed E-state index contributed by atoms with van der Waals surface area (Å²) >= 11 is 0. The topological polar surface area (TPSA) is 89.9 Å². The van der Waals surface area contributed by atoms with Crippen LogP contribution >= 0.6 is 0 Å². The zero-order valence-corrected chi connectivity index (χ0v) is 14.9. The summed E-state index contributed by atoms with van der Waals surface area (Å²) in [5, 5.41) is 10.1. The summed E-state index contributed by atoms with van der Waals surface area (Å²) in [6.07, 6.45) is 2.88. The Labute approximate surface area is 146 Å². The summed E-state index contributed by atoms with van der Waals surface area (Å²) in [7, 11) is -4.16. The first kappa shape index (κ1) is 17.9. The van der Waals surface area contributed by atoms with Crippen LogP contribution in [0.1, 0.15) is 25.3 Å². The van der Waals surface area contributed by atoms with Crippen LogP contribution in [0, 0.1) is 11.7 Å². The van der Waals surface area contributed by atoms with Crippen LogP contribution in [0.4, 0.5) is 10.1 Å². The number of likely N-dealkylation sites (tertiary alicyclic amines) is 1. The van der Waals surface area contributed by atoms with E-state index in [1.165, 1.54) is 18.6 Å². The highest BCUT2D eigenvalue weighted by molar-refractivity contribution is 7.92. The molecule has 2 fully saturated rings. The van der Waals surface area contributed by atoms with E-state index in [0.717, 1.165) is 26.1 Å². The number of nitrogens with one attached hydrogen (secondary N) is 1. The van der Waals surface area contributed by atoms with E-state index in [-0.39, 0.29) is 0 Å². The predicted molar refractivity (Wildman–Crippen MR) is 91.0 cm³/mol. The fourth-order valence-electron chi connectivity index (χ4n) is 3.41. The quantitative estimate of drug-likeness (QED) is 0.806. The van der Waals surface area contributed by atoms with E-state index >= 15 is 0 Å². The van der Waals surface area contributed by atoms with Gasteiger partial charge < -0.3 is 10.0 Å². The van der Waals surface area contributed by atoms with Gasteiger partial charge >= 0.3 is 10.2 Å². The summed E-state index contributed by atoms with van der Waals surface area (Å²) in [5.74, 6) is -1.40. The van der Waals surface area contributed by atoms with Gasteiger partial charge in [-0.2, -0.15) is 8.42 Å². The van der Waals surface area contributed by atoms with Gasteiger partial charge in [0.25, 0.3) is 5.91 Å². The standard InChI is InChI=1S/C16H22FN3O4S/c1-2-11-3-5-19(9-11)6-4-12-7-13(17)16(14(21)8-12)20-10-15(22)18-25(20,23)24/h7-8,11,21H,2-6,9-10H2,1H3,(H,18,22)/t11-/m1/s1. The summed E-state index contributed by atoms with van der Waals surface area (Å²) in [6, 6.07) is 2.59. The molecule has 2 aliphatic rings. The van der Waals surface area contributed by atoms with E-state index in [1.54, 1.807) is 4.72 Å². The monoisotopic (exact) mass is 371 g/mol. The van der Waals surface area contributed by atoms with Crippen molar-refractivity contribution in [3.05, 3.63) is 23.5 Å². The van der Waals surface area contributed by atoms with Crippen LogP contribution in [0.15, 0.2) is 12.1 Å². The van der Waals surface area contributed by atoms with E-state index in [9.17, 15) is 22.7 Å². The van der Waals surface area contributed by atoms with E-state index in [1.807, 2.05) is 0 Å². The third-order valence-electron chi connectivity index (χ3n) is 4.84. The van der Waals surface area contributed by atoms with Gasteiger partial charge in [0.2, 0.25) is 0 Å². The number of halogens is 1. The summed E-state index contributed by atoms with van der Waals surface area (Å²) < 4.78 is 40.4. The zero-order valence-electron chi connectivity index (χ0n) is 14.0. The van der Waals surface area contributed by atoms with Crippen molar-refractivity contribution in [1.82, 2.24) is 9.62 Å². The van der Waals surface area contributed by atoms with E-state index in [4.69, 9.17) is 0 Å². The number of carbonyl (C=O) groups excluding carboxylic acids is 1. The van der Waals surface area contributed by atoms with Crippen molar-refractivity contribution in [2.24, 2.45) is 5.92 Å². The first-order valence-electron chi connectivity index (χ1n) is 8.37. The second kappa shape index (κ2) is 6.80. The second-order valence-electron chi connectivity index (χ2n) is 6.60. The third-order valence-corrected chi connectivity index (χ3v) is 6.21. The molecule has 2 saturated heterocycles. The van der Waals surface area contributed by atoms with Crippen LogP contribution < -0.4 is 9.03 Å². The first-order chi connectivity index (χ1) is 11.8. The molecule has 9 heteroatoms. The molecule has 25 heavy (non-hydrogen) atoms. The molecule has 1 amide bonds. The van der Waals surface area contributed by atoms with Gasteiger partial charge in [-0.25, -0.2) is 13.4 Å². The van der Waals surface area contributed by atoms with Crippen molar-refractivity contribution < 1.29 is 22.7 Å². The second-order valence-corrected chi connectivity index (χ2v) is 8.19. The molecular formula is C16H22FN3O4S. The van der Waals surface area contributed by atoms with E-state index in [2.05, 4.69) is 11.8 Å². The number of hydrogen-bond acceptors (Lipinski definition) is 5. The van der Waals surface area contributed by atoms with Gasteiger partial charge in [0.1, 0.15) is 18.0 Å². The zero-order chi connectivity index (χ0) is 18.2. The number of carbonyl (C=O) groups is 1. The SMILES string of the molecule is CC[C@@H]1CCN(CCc2cc(O)c(N3CC(=O)NS3(=O)=O)c(F)c2)C1. The van der Waals surface area contributed by atoms with Gasteiger partial charge in [0.05, 0.1) is 0 Å². The van der Waals surface area contributed by atoms with Crippen LogP contribution in [0.2, 0.25) is 0 Å². The lowest BCUT2D eigenvalue weighted by atomic mass is 10.1. The lowest BCUT2D eigenvalue weighted by Crippen LogP contribution is -2.30. The highest BCUT2D eigenvalue weighted by Gasteiger charge is 2.37. The Balaban J connectivity index is 1.74. The molecular weight excluding hydrogens is 349 g/mol. The van der Waals surface area contributed by atoms with Crippen LogP contribution in [-0.2, 0) is 21.4 Å². The molecule has 0 aliphatic carbocycles. The summed E-state index contributed by atoms with van der Waals surface area (Å²) in [6.45, 7) is 4.44. The largest absolute Gasteiger partial charge is 0.506 e. The molecule has 138 valence electrons. The molecule has 1 atom stereocenters. The van der Waals surface area contributed by atoms with Crippen molar-refractivity contribution in [2.45, 2.75) is 26.2 Å². The minimum Gasteiger partial charge on any atom is -0.506 e. The van der Waals surface area contributed by atoms with Gasteiger partial charge in [-0.3, -0.25) is 4.79 Å². The summed E-state index contributed by atoms with van der Waals surface area (Å²) in [5.41, 5.74) is 0.101. The summed E-state index contributed by atoms with van der Waals surface area (Å²) in [4.78, 5) is 13.6. The number of amides is 1. The number of hydrogen-bond donors (Lipinski definition) is 2. The van der Waals surface area contributed by atoms with Crippen LogP contribution in [0.3, 0.4) is 0 Å². The molecule has 0 saturated carbocycles. The fourth-order valence-corrected chi connectivity index (χ4v) is 4.58. The Morgan fingerprint density at radius 1 is 1.40 bits per heavy atom. The third kappa shape index (κ3) is 3.72. The highest BCUT2D eigenvalue weighted by Crippen LogP contribution is 2.34. The minimum absolute atomic E-state index is 0.483. The predicted octanol–water partition coefficient (Wildman–Crippen LogP) is 0.987. The number of phenolic OH excluding ortho intramolecular Hbond substituents is 1. The Morgan fingerprint density at radius 2 is 2.16 bits per heavy atom. The molecule has 2 N–H and O–H groups in total. The Kier molecular flexibility index (Phi) is 4.88. The van der Waals surface area contributed by atoms with Gasteiger partial charge in [-0.05, 0) is 43.0 Å². The normalized spacial score (nSPS) is 23.2. The maximum Gasteiger partial charge on any atom is 0.326 e. The molecule has 3 rings (SSSR count). The lowest BCUT2D eigenvalue weighted by molar-refractivity contribution is -0.117. The molecule has 0 unspecified atom stereocenters. The lowest BCUT2D eigenvalue weighted by Gasteiger charge is -2.19. The van der Waals surface area contributed by atoms with Crippen LogP contribution in [0.5, 0.6) is 5.75 Å². The van der Waals surface area contributed by atoms with Crippen molar-refractivity contribution in [3.63, 3.8) is 0 Å². The van der Waals surface area contributed by atoms with Crippen molar-refractivity contribution in [2.75, 3.05) is 30.5 Å². The smallest absolute Gasteiger partial charge is 0.326 e. The maximum atomic E-state index is 14.4. The number of anilines is 1. The number of aromatic hydroxyl groups is 1. The number of phenols is 1. The van der Waals surface area contributed by atoms with Crippen molar-refractivity contribution in [3.8, 4) is 5.75 Å². The van der Waals surface area contributed by atoms with Crippen molar-refractivity contribution in [1.29, 1.82) is 0 Å². The van der Waals surface area contributed by atoms with Crippen LogP contribution in [0.25, 0.3) is 0 Å². The highest BCUT2D eigenvalue weighted by atomic mass is 32.2. The molecule has 7 nitrogen and oxygen atoms in total. The molecule has 0 aromatic heterocycles. The Bertz CT molecular complexity index is 761. The molecule has 2 aliphatic heterocycles. The minimum atomic E-state index is -4.16. The van der Waals surface area contributed by atoms with E-state index in [0.29, 0.717) is 22.2 Å². The number of nitrogens with zero attached hydrogens (tertiary/aromatic N) is 2. The number of benzene rings is 1. The van der Waals surface area contributed by atoms with Gasteiger partial charge in [-0.1, -0.05) is 13.3 Å². The first-order valence-corrected chi connectivity index (χ1v) is 9.81. The molecule has 1 aromatic rings. The molecule has 2 heterocycles. The van der Waals surface area contributed by atoms with Gasteiger partial charge in [0.15, 0.2) is 5.82 Å². The maximum absolute atomic E-state index is 14.4. The molecule has 0 radical (unpaired) electrons. The van der Waals surface area contributed by atoms with E-state index < -0.39 is 39.9 Å². The average Bonchev–Trinajstić information content (AvgIpc) is 3.08. The Hall–Kier alpha value is -1.87. The fraction of sp³-hybridized carbons (Fsp3) is 0.562. The molecule has 0 bridgehead atoms. The van der Waals surface area contributed by atoms with Crippen molar-refractivity contribution >= 4 is 21.8 Å². The van der Waals surface area contributed by atoms with Crippen LogP contribution in [-0.4, -0.2) is 50.5 Å². The van der Waals surface area contributed by atoms with Gasteiger partial charge in [0, 0.05) is 13.1 Å². The van der Waals surface area contributed by atoms with Gasteiger partial charge in [-0.15, -0.1) is 0 Å².